The van der Waals surface area contributed by atoms with Crippen LogP contribution in [0.1, 0.15) is 71.6 Å². The number of carbonyl (C=O) groups is 1. The van der Waals surface area contributed by atoms with Gasteiger partial charge in [0.05, 0.1) is 11.8 Å². The average Bonchev–Trinajstić information content (AvgIpc) is 3.29. The van der Waals surface area contributed by atoms with Crippen LogP contribution in [0, 0.1) is 34.5 Å². The van der Waals surface area contributed by atoms with Crippen molar-refractivity contribution in [1.29, 1.82) is 0 Å². The van der Waals surface area contributed by atoms with E-state index in [2.05, 4.69) is 24.3 Å². The maximum atomic E-state index is 12.6. The average molecular weight is 389 g/mol. The van der Waals surface area contributed by atoms with Gasteiger partial charge in [0.1, 0.15) is 11.9 Å². The van der Waals surface area contributed by atoms with Crippen LogP contribution in [0.15, 0.2) is 5.16 Å². The number of nitrogens with one attached hydrogen (secondary N) is 1. The van der Waals surface area contributed by atoms with Crippen LogP contribution in [0.4, 0.5) is 0 Å². The number of hydrogen-bond donors (Lipinski definition) is 2. The molecule has 0 spiro atoms. The topological polar surface area (TPSA) is 70.9 Å². The zero-order chi connectivity index (χ0) is 19.5. The Kier molecular flexibility index (Phi) is 4.63. The summed E-state index contributed by atoms with van der Waals surface area (Å²) in [5.74, 6) is 2.19. The SMILES string of the molecule is C[C@]12CC/C(=N\O[C@@H]3CCNC3)CC1C[C@@H](O)[C@@H]1[C@@H]2CC[C@]2(C)C(=O)CC[C@@H]12. The van der Waals surface area contributed by atoms with Crippen molar-refractivity contribution in [2.45, 2.75) is 83.8 Å². The molecule has 5 nitrogen and oxygen atoms in total. The molecule has 28 heavy (non-hydrogen) atoms. The minimum Gasteiger partial charge on any atom is -0.393 e. The Morgan fingerprint density at radius 1 is 1.14 bits per heavy atom. The van der Waals surface area contributed by atoms with Crippen LogP contribution in [0.5, 0.6) is 0 Å². The summed E-state index contributed by atoms with van der Waals surface area (Å²) in [5, 5.41) is 19.1. The van der Waals surface area contributed by atoms with E-state index in [1.54, 1.807) is 0 Å². The van der Waals surface area contributed by atoms with Gasteiger partial charge in [0.15, 0.2) is 0 Å². The molecule has 1 unspecified atom stereocenters. The molecule has 0 radical (unpaired) electrons. The lowest BCUT2D eigenvalue weighted by Crippen LogP contribution is -2.58. The Labute approximate surface area is 168 Å². The smallest absolute Gasteiger partial charge is 0.141 e. The summed E-state index contributed by atoms with van der Waals surface area (Å²) in [6, 6.07) is 0. The van der Waals surface area contributed by atoms with E-state index >= 15 is 0 Å². The van der Waals surface area contributed by atoms with Crippen molar-refractivity contribution in [3.63, 3.8) is 0 Å². The molecule has 0 aromatic heterocycles. The van der Waals surface area contributed by atoms with Crippen LogP contribution in [0.3, 0.4) is 0 Å². The molecule has 8 atom stereocenters. The van der Waals surface area contributed by atoms with Crippen molar-refractivity contribution in [3.8, 4) is 0 Å². The highest BCUT2D eigenvalue weighted by atomic mass is 16.6. The Bertz CT molecular complexity index is 673. The van der Waals surface area contributed by atoms with E-state index in [9.17, 15) is 9.90 Å². The summed E-state index contributed by atoms with van der Waals surface area (Å²) in [6.45, 7) is 6.58. The van der Waals surface area contributed by atoms with Gasteiger partial charge in [-0.2, -0.15) is 0 Å². The summed E-state index contributed by atoms with van der Waals surface area (Å²) >= 11 is 0. The number of rotatable bonds is 2. The highest BCUT2D eigenvalue weighted by molar-refractivity contribution is 5.87. The molecule has 0 aromatic carbocycles. The van der Waals surface area contributed by atoms with Crippen LogP contribution in [0.25, 0.3) is 0 Å². The molecule has 5 fully saturated rings. The van der Waals surface area contributed by atoms with E-state index in [1.165, 1.54) is 5.71 Å². The summed E-state index contributed by atoms with van der Waals surface area (Å²) < 4.78 is 0. The summed E-state index contributed by atoms with van der Waals surface area (Å²) in [7, 11) is 0. The molecule has 5 aliphatic rings. The van der Waals surface area contributed by atoms with Gasteiger partial charge in [-0.05, 0) is 80.6 Å². The van der Waals surface area contributed by atoms with Crippen molar-refractivity contribution in [2.75, 3.05) is 13.1 Å². The van der Waals surface area contributed by atoms with E-state index in [1.807, 2.05) is 0 Å². The normalized spacial score (nSPS) is 52.2. The van der Waals surface area contributed by atoms with Crippen molar-refractivity contribution in [3.05, 3.63) is 0 Å². The summed E-state index contributed by atoms with van der Waals surface area (Å²) in [6.07, 6.45) is 8.83. The van der Waals surface area contributed by atoms with Crippen LogP contribution in [-0.4, -0.2) is 41.9 Å². The number of fused-ring (bicyclic) bond motifs is 5. The first-order valence-electron chi connectivity index (χ1n) is 11.6. The zero-order valence-corrected chi connectivity index (χ0v) is 17.5. The second-order valence-electron chi connectivity index (χ2n) is 10.8. The quantitative estimate of drug-likeness (QED) is 0.712. The van der Waals surface area contributed by atoms with Gasteiger partial charge in [0, 0.05) is 24.8 Å². The Hall–Kier alpha value is -0.940. The lowest BCUT2D eigenvalue weighted by molar-refractivity contribution is -0.158. The molecular formula is C23H36N2O3. The second-order valence-corrected chi connectivity index (χ2v) is 10.8. The van der Waals surface area contributed by atoms with Crippen LogP contribution < -0.4 is 5.32 Å². The molecule has 0 aromatic rings. The molecule has 5 heteroatoms. The summed E-state index contributed by atoms with van der Waals surface area (Å²) in [5.41, 5.74) is 1.29. The van der Waals surface area contributed by atoms with E-state index in [4.69, 9.17) is 4.84 Å². The fraction of sp³-hybridized carbons (Fsp3) is 0.913. The van der Waals surface area contributed by atoms with E-state index in [0.717, 1.165) is 70.9 Å². The third-order valence-corrected chi connectivity index (χ3v) is 9.57. The zero-order valence-electron chi connectivity index (χ0n) is 17.5. The molecule has 1 aliphatic heterocycles. The molecule has 4 aliphatic carbocycles. The Morgan fingerprint density at radius 2 is 2.00 bits per heavy atom. The molecule has 0 bridgehead atoms. The standard InChI is InChI=1S/C23H36N2O3/c1-22-8-5-15(25-28-16-7-10-24-13-16)11-14(22)12-19(26)21-17-3-4-20(27)23(17,2)9-6-18(21)22/h14,16-19,21,24,26H,3-13H2,1-2H3/b25-15+/t14?,16-,17+,18+,19-,21+,22+,23+/m1/s1. The first-order valence-corrected chi connectivity index (χ1v) is 11.6. The highest BCUT2D eigenvalue weighted by Gasteiger charge is 2.62. The number of carbonyl (C=O) groups excluding carboxylic acids is 1. The van der Waals surface area contributed by atoms with Gasteiger partial charge in [0.2, 0.25) is 0 Å². The van der Waals surface area contributed by atoms with Crippen molar-refractivity contribution in [1.82, 2.24) is 5.32 Å². The maximum absolute atomic E-state index is 12.6. The number of nitrogens with zero attached hydrogens (tertiary/aromatic N) is 1. The molecular weight excluding hydrogens is 352 g/mol. The first-order chi connectivity index (χ1) is 13.4. The van der Waals surface area contributed by atoms with E-state index in [-0.39, 0.29) is 23.0 Å². The highest BCUT2D eigenvalue weighted by Crippen LogP contribution is 2.65. The number of aliphatic hydroxyl groups is 1. The fourth-order valence-corrected chi connectivity index (χ4v) is 7.75. The van der Waals surface area contributed by atoms with Crippen LogP contribution in [0.2, 0.25) is 0 Å². The molecule has 4 saturated carbocycles. The number of aliphatic hydroxyl groups excluding tert-OH is 1. The lowest BCUT2D eigenvalue weighted by atomic mass is 9.44. The van der Waals surface area contributed by atoms with Gasteiger partial charge in [0.25, 0.3) is 0 Å². The number of Topliss-reactive ketones (excluding diaryl/α,β-unsaturated/α-hetero) is 1. The third-order valence-electron chi connectivity index (χ3n) is 9.57. The van der Waals surface area contributed by atoms with E-state index < -0.39 is 0 Å². The number of oxime groups is 1. The Morgan fingerprint density at radius 3 is 2.79 bits per heavy atom. The predicted molar refractivity (Wildman–Crippen MR) is 108 cm³/mol. The Balaban J connectivity index is 1.34. The molecule has 1 saturated heterocycles. The monoisotopic (exact) mass is 388 g/mol. The number of ketones is 1. The largest absolute Gasteiger partial charge is 0.393 e. The molecule has 156 valence electrons. The van der Waals surface area contributed by atoms with Crippen LogP contribution in [-0.2, 0) is 9.63 Å². The minimum absolute atomic E-state index is 0.171. The van der Waals surface area contributed by atoms with Crippen molar-refractivity contribution >= 4 is 11.5 Å². The van der Waals surface area contributed by atoms with Crippen LogP contribution >= 0.6 is 0 Å². The van der Waals surface area contributed by atoms with Crippen molar-refractivity contribution < 1.29 is 14.7 Å². The van der Waals surface area contributed by atoms with Gasteiger partial charge in [-0.1, -0.05) is 19.0 Å². The maximum Gasteiger partial charge on any atom is 0.141 e. The first kappa shape index (κ1) is 19.0. The molecule has 1 heterocycles. The van der Waals surface area contributed by atoms with Crippen molar-refractivity contribution in [2.24, 2.45) is 39.7 Å². The van der Waals surface area contributed by atoms with Gasteiger partial charge in [-0.25, -0.2) is 0 Å². The molecule has 2 N–H and O–H groups in total. The molecule has 0 amide bonds. The van der Waals surface area contributed by atoms with Gasteiger partial charge < -0.3 is 15.3 Å². The van der Waals surface area contributed by atoms with Gasteiger partial charge >= 0.3 is 0 Å². The van der Waals surface area contributed by atoms with Gasteiger partial charge in [-0.15, -0.1) is 0 Å². The van der Waals surface area contributed by atoms with E-state index in [0.29, 0.717) is 29.5 Å². The predicted octanol–water partition coefficient (Wildman–Crippen LogP) is 3.30. The molecule has 5 rings (SSSR count). The third kappa shape index (κ3) is 2.79. The summed E-state index contributed by atoms with van der Waals surface area (Å²) in [4.78, 5) is 18.4. The second kappa shape index (κ2) is 6.80. The fourth-order valence-electron chi connectivity index (χ4n) is 7.75. The lowest BCUT2D eigenvalue weighted by Gasteiger charge is -2.60. The minimum atomic E-state index is -0.266. The van der Waals surface area contributed by atoms with Gasteiger partial charge in [-0.3, -0.25) is 4.79 Å². The number of hydrogen-bond acceptors (Lipinski definition) is 5.